The number of rotatable bonds is 5. The molecule has 1 heterocycles. The van der Waals surface area contributed by atoms with Gasteiger partial charge in [0.1, 0.15) is 23.7 Å². The van der Waals surface area contributed by atoms with Gasteiger partial charge in [0.15, 0.2) is 0 Å². The second kappa shape index (κ2) is 6.55. The van der Waals surface area contributed by atoms with Crippen molar-refractivity contribution in [1.29, 1.82) is 0 Å². The second-order valence-corrected chi connectivity index (χ2v) is 5.31. The van der Waals surface area contributed by atoms with Crippen LogP contribution in [0.15, 0.2) is 24.3 Å². The van der Waals surface area contributed by atoms with E-state index in [9.17, 15) is 19.3 Å². The summed E-state index contributed by atoms with van der Waals surface area (Å²) in [6, 6.07) is 5.99. The molecule has 23 heavy (non-hydrogen) atoms. The third-order valence-corrected chi connectivity index (χ3v) is 3.55. The van der Waals surface area contributed by atoms with Crippen LogP contribution in [-0.4, -0.2) is 32.6 Å². The van der Waals surface area contributed by atoms with Crippen molar-refractivity contribution in [3.05, 3.63) is 57.1 Å². The van der Waals surface area contributed by atoms with Crippen LogP contribution in [0.2, 0.25) is 0 Å². The lowest BCUT2D eigenvalue weighted by Crippen LogP contribution is -2.30. The van der Waals surface area contributed by atoms with Crippen LogP contribution in [0.25, 0.3) is 0 Å². The number of halogens is 1. The summed E-state index contributed by atoms with van der Waals surface area (Å²) in [7, 11) is 1.59. The van der Waals surface area contributed by atoms with E-state index in [0.717, 1.165) is 0 Å². The monoisotopic (exact) mass is 320 g/mol. The Morgan fingerprint density at radius 1 is 1.43 bits per heavy atom. The number of aryl methyl sites for hydroxylation is 1. The van der Waals surface area contributed by atoms with Gasteiger partial charge >= 0.3 is 5.69 Å². The normalized spacial score (nSPS) is 10.6. The molecule has 0 fully saturated rings. The van der Waals surface area contributed by atoms with Gasteiger partial charge in [-0.2, -0.15) is 5.10 Å². The van der Waals surface area contributed by atoms with E-state index in [1.165, 1.54) is 28.6 Å². The van der Waals surface area contributed by atoms with Gasteiger partial charge in [-0.1, -0.05) is 12.1 Å². The molecule has 0 unspecified atom stereocenters. The first-order valence-electron chi connectivity index (χ1n) is 6.96. The van der Waals surface area contributed by atoms with E-state index in [-0.39, 0.29) is 36.2 Å². The molecule has 0 aliphatic carbocycles. The van der Waals surface area contributed by atoms with Gasteiger partial charge in [0.25, 0.3) is 0 Å². The number of nitro groups is 1. The van der Waals surface area contributed by atoms with Gasteiger partial charge in [0.05, 0.1) is 4.92 Å². The number of amides is 1. The van der Waals surface area contributed by atoms with Crippen molar-refractivity contribution < 1.29 is 14.1 Å². The molecule has 0 N–H and O–H groups in total. The summed E-state index contributed by atoms with van der Waals surface area (Å²) in [6.07, 6.45) is 0. The maximum atomic E-state index is 13.2. The van der Waals surface area contributed by atoms with Crippen molar-refractivity contribution >= 4 is 11.6 Å². The summed E-state index contributed by atoms with van der Waals surface area (Å²) in [6.45, 7) is 3.23. The van der Waals surface area contributed by atoms with Crippen molar-refractivity contribution in [2.75, 3.05) is 7.05 Å². The molecule has 2 aromatic rings. The van der Waals surface area contributed by atoms with Gasteiger partial charge in [0.2, 0.25) is 5.91 Å². The van der Waals surface area contributed by atoms with Crippen LogP contribution in [0, 0.1) is 29.8 Å². The van der Waals surface area contributed by atoms with E-state index in [4.69, 9.17) is 0 Å². The SMILES string of the molecule is Cc1nn(CC(=O)N(C)Cc2cccc(F)c2)c(C)c1[N+](=O)[O-]. The fourth-order valence-corrected chi connectivity index (χ4v) is 2.35. The van der Waals surface area contributed by atoms with E-state index in [0.29, 0.717) is 11.3 Å². The Balaban J connectivity index is 2.10. The molecule has 0 atom stereocenters. The zero-order valence-electron chi connectivity index (χ0n) is 13.1. The first-order valence-corrected chi connectivity index (χ1v) is 6.96. The molecule has 0 aliphatic rings. The van der Waals surface area contributed by atoms with Gasteiger partial charge in [-0.15, -0.1) is 0 Å². The fraction of sp³-hybridized carbons (Fsp3) is 0.333. The number of nitrogens with zero attached hydrogens (tertiary/aromatic N) is 4. The van der Waals surface area contributed by atoms with E-state index in [1.807, 2.05) is 0 Å². The molecule has 0 saturated carbocycles. The summed E-state index contributed by atoms with van der Waals surface area (Å²) in [4.78, 5) is 24.1. The molecular formula is C15H17FN4O3. The summed E-state index contributed by atoms with van der Waals surface area (Å²) in [5.74, 6) is -0.632. The minimum atomic E-state index is -0.505. The van der Waals surface area contributed by atoms with Crippen LogP contribution in [0.1, 0.15) is 17.0 Å². The standard InChI is InChI=1S/C15H17FN4O3/c1-10-15(20(22)23)11(2)19(17-10)9-14(21)18(3)8-12-5-4-6-13(16)7-12/h4-7H,8-9H2,1-3H3. The number of carbonyl (C=O) groups excluding carboxylic acids is 1. The third kappa shape index (κ3) is 3.71. The first kappa shape index (κ1) is 16.6. The summed E-state index contributed by atoms with van der Waals surface area (Å²) < 4.78 is 14.5. The molecule has 1 amide bonds. The Hall–Kier alpha value is -2.77. The number of carbonyl (C=O) groups is 1. The Bertz CT molecular complexity index is 757. The van der Waals surface area contributed by atoms with Crippen molar-refractivity contribution in [3.63, 3.8) is 0 Å². The van der Waals surface area contributed by atoms with Crippen LogP contribution in [0.4, 0.5) is 10.1 Å². The zero-order chi connectivity index (χ0) is 17.1. The van der Waals surface area contributed by atoms with Gasteiger partial charge in [0, 0.05) is 13.6 Å². The lowest BCUT2D eigenvalue weighted by Gasteiger charge is -2.17. The van der Waals surface area contributed by atoms with E-state index < -0.39 is 4.92 Å². The fourth-order valence-electron chi connectivity index (χ4n) is 2.35. The minimum absolute atomic E-state index is 0.0782. The molecule has 1 aromatic carbocycles. The Morgan fingerprint density at radius 3 is 2.70 bits per heavy atom. The molecule has 8 heteroatoms. The van der Waals surface area contributed by atoms with Crippen LogP contribution < -0.4 is 0 Å². The Morgan fingerprint density at radius 2 is 2.13 bits per heavy atom. The molecule has 0 spiro atoms. The number of benzene rings is 1. The summed E-state index contributed by atoms with van der Waals surface area (Å²) in [5, 5.41) is 15.0. The third-order valence-electron chi connectivity index (χ3n) is 3.55. The average molecular weight is 320 g/mol. The minimum Gasteiger partial charge on any atom is -0.340 e. The average Bonchev–Trinajstić information content (AvgIpc) is 2.73. The number of hydrogen-bond donors (Lipinski definition) is 0. The lowest BCUT2D eigenvalue weighted by atomic mass is 10.2. The summed E-state index contributed by atoms with van der Waals surface area (Å²) in [5.41, 5.74) is 1.19. The largest absolute Gasteiger partial charge is 0.340 e. The predicted molar refractivity (Wildman–Crippen MR) is 81.2 cm³/mol. The summed E-state index contributed by atoms with van der Waals surface area (Å²) >= 11 is 0. The van der Waals surface area contributed by atoms with E-state index in [2.05, 4.69) is 5.10 Å². The molecule has 0 saturated heterocycles. The maximum Gasteiger partial charge on any atom is 0.312 e. The molecule has 122 valence electrons. The molecule has 0 bridgehead atoms. The molecular weight excluding hydrogens is 303 g/mol. The van der Waals surface area contributed by atoms with Crippen LogP contribution in [-0.2, 0) is 17.9 Å². The van der Waals surface area contributed by atoms with Crippen molar-refractivity contribution in [2.24, 2.45) is 0 Å². The van der Waals surface area contributed by atoms with Crippen LogP contribution >= 0.6 is 0 Å². The molecule has 1 aromatic heterocycles. The van der Waals surface area contributed by atoms with Gasteiger partial charge in [-0.3, -0.25) is 19.6 Å². The highest BCUT2D eigenvalue weighted by molar-refractivity contribution is 5.75. The molecule has 7 nitrogen and oxygen atoms in total. The van der Waals surface area contributed by atoms with Gasteiger partial charge in [-0.25, -0.2) is 4.39 Å². The van der Waals surface area contributed by atoms with Crippen molar-refractivity contribution in [3.8, 4) is 0 Å². The highest BCUT2D eigenvalue weighted by atomic mass is 19.1. The van der Waals surface area contributed by atoms with Crippen LogP contribution in [0.5, 0.6) is 0 Å². The van der Waals surface area contributed by atoms with Crippen molar-refractivity contribution in [2.45, 2.75) is 26.9 Å². The highest BCUT2D eigenvalue weighted by Gasteiger charge is 2.23. The zero-order valence-corrected chi connectivity index (χ0v) is 13.1. The smallest absolute Gasteiger partial charge is 0.312 e. The second-order valence-electron chi connectivity index (χ2n) is 5.31. The Labute approximate surface area is 132 Å². The number of hydrogen-bond acceptors (Lipinski definition) is 4. The first-order chi connectivity index (χ1) is 10.8. The van der Waals surface area contributed by atoms with E-state index >= 15 is 0 Å². The molecule has 0 radical (unpaired) electrons. The van der Waals surface area contributed by atoms with Gasteiger partial charge < -0.3 is 4.90 Å². The maximum absolute atomic E-state index is 13.2. The quantitative estimate of drug-likeness (QED) is 0.625. The highest BCUT2D eigenvalue weighted by Crippen LogP contribution is 2.21. The predicted octanol–water partition coefficient (Wildman–Crippen LogP) is 2.21. The molecule has 2 rings (SSSR count). The number of likely N-dealkylation sites (N-methyl/N-ethyl adjacent to an activating group) is 1. The Kier molecular flexibility index (Phi) is 4.73. The van der Waals surface area contributed by atoms with Crippen molar-refractivity contribution in [1.82, 2.24) is 14.7 Å². The van der Waals surface area contributed by atoms with E-state index in [1.54, 1.807) is 26.1 Å². The van der Waals surface area contributed by atoms with Gasteiger partial charge in [-0.05, 0) is 31.5 Å². The van der Waals surface area contributed by atoms with Crippen LogP contribution in [0.3, 0.4) is 0 Å². The topological polar surface area (TPSA) is 81.3 Å². The number of aromatic nitrogens is 2. The lowest BCUT2D eigenvalue weighted by molar-refractivity contribution is -0.386. The molecule has 0 aliphatic heterocycles.